The van der Waals surface area contributed by atoms with Crippen LogP contribution in [0, 0.1) is 18.3 Å². The van der Waals surface area contributed by atoms with Gasteiger partial charge in [0.25, 0.3) is 0 Å². The first-order valence-corrected chi connectivity index (χ1v) is 10.8. The van der Waals surface area contributed by atoms with E-state index in [-0.39, 0.29) is 12.5 Å². The van der Waals surface area contributed by atoms with E-state index in [0.717, 1.165) is 5.56 Å². The van der Waals surface area contributed by atoms with E-state index in [1.807, 2.05) is 48.3 Å². The van der Waals surface area contributed by atoms with E-state index >= 15 is 0 Å². The smallest absolute Gasteiger partial charge is 0.315 e. The lowest BCUT2D eigenvalue weighted by atomic mass is 9.81. The van der Waals surface area contributed by atoms with Gasteiger partial charge >= 0.3 is 5.97 Å². The number of carbonyl (C=O) groups is 2. The largest absolute Gasteiger partial charge is 0.492 e. The van der Waals surface area contributed by atoms with Crippen molar-refractivity contribution in [1.82, 2.24) is 4.90 Å². The minimum Gasteiger partial charge on any atom is -0.492 e. The molecule has 2 aromatic carbocycles. The van der Waals surface area contributed by atoms with Crippen molar-refractivity contribution >= 4 is 12.3 Å². The van der Waals surface area contributed by atoms with E-state index in [1.54, 1.807) is 6.92 Å². The van der Waals surface area contributed by atoms with Crippen LogP contribution in [0.25, 0.3) is 11.1 Å². The molecule has 1 heterocycles. The third kappa shape index (κ3) is 7.12. The number of allylic oxidation sites excluding steroid dienone is 3. The molecule has 0 bridgehead atoms. The zero-order valence-electron chi connectivity index (χ0n) is 19.4. The molecule has 2 atom stereocenters. The molecule has 6 heteroatoms. The number of aryl methyl sites for hydroxylation is 1. The summed E-state index contributed by atoms with van der Waals surface area (Å²) in [4.78, 5) is 23.2. The molecule has 0 aliphatic carbocycles. The molecule has 0 amide bonds. The van der Waals surface area contributed by atoms with Crippen LogP contribution in [0.2, 0.25) is 0 Å². The van der Waals surface area contributed by atoms with Gasteiger partial charge in [-0.2, -0.15) is 0 Å². The number of halogens is 1. The molecule has 0 spiro atoms. The van der Waals surface area contributed by atoms with Gasteiger partial charge in [-0.1, -0.05) is 55.5 Å². The average molecular weight is 454 g/mol. The predicted octanol–water partition coefficient (Wildman–Crippen LogP) is 4.96. The van der Waals surface area contributed by atoms with Gasteiger partial charge in [0.15, 0.2) is 0 Å². The van der Waals surface area contributed by atoms with Crippen molar-refractivity contribution in [2.24, 2.45) is 11.3 Å². The number of likely N-dealkylation sites (tertiary alicyclic amines) is 1. The lowest BCUT2D eigenvalue weighted by Crippen LogP contribution is -2.61. The number of alkyl halides is 1. The standard InChI is InChI=1S/C19H21NO3.C8H11FO/c1-14-5-3-4-6-17(14)15-7-9-16(10-8-15)23-13-19(18(21)22)11-20(2)12-19;1-3-8(9)7(2)5-4-6-10/h3-10H,11-13H2,1-2H3,(H,21,22);3-8H,1H2,2H3/b;5-4+. The van der Waals surface area contributed by atoms with Crippen molar-refractivity contribution in [1.29, 1.82) is 0 Å². The topological polar surface area (TPSA) is 66.8 Å². The fraction of sp³-hybridized carbons (Fsp3) is 0.333. The van der Waals surface area contributed by atoms with Crippen molar-refractivity contribution in [2.75, 3.05) is 26.7 Å². The van der Waals surface area contributed by atoms with Crippen molar-refractivity contribution in [3.63, 3.8) is 0 Å². The second-order valence-electron chi connectivity index (χ2n) is 8.45. The molecule has 33 heavy (non-hydrogen) atoms. The molecule has 0 radical (unpaired) electrons. The van der Waals surface area contributed by atoms with Gasteiger partial charge in [-0.15, -0.1) is 6.58 Å². The second kappa shape index (κ2) is 12.1. The minimum absolute atomic E-state index is 0.205. The van der Waals surface area contributed by atoms with E-state index in [9.17, 15) is 19.1 Å². The Balaban J connectivity index is 0.000000328. The Labute approximate surface area is 195 Å². The number of aldehydes is 1. The van der Waals surface area contributed by atoms with E-state index in [0.29, 0.717) is 25.1 Å². The molecule has 1 aliphatic heterocycles. The third-order valence-electron chi connectivity index (χ3n) is 5.65. The highest BCUT2D eigenvalue weighted by Gasteiger charge is 2.49. The molecule has 0 saturated carbocycles. The normalized spacial score (nSPS) is 16.6. The van der Waals surface area contributed by atoms with Crippen molar-refractivity contribution in [3.8, 4) is 16.9 Å². The van der Waals surface area contributed by atoms with Gasteiger partial charge in [0, 0.05) is 19.0 Å². The number of hydrogen-bond donors (Lipinski definition) is 1. The first-order chi connectivity index (χ1) is 15.7. The summed E-state index contributed by atoms with van der Waals surface area (Å²) in [5, 5.41) is 9.40. The first kappa shape index (κ1) is 26.0. The molecule has 0 aromatic heterocycles. The van der Waals surface area contributed by atoms with Crippen molar-refractivity contribution < 1.29 is 23.8 Å². The van der Waals surface area contributed by atoms with E-state index in [1.165, 1.54) is 29.4 Å². The van der Waals surface area contributed by atoms with Crippen molar-refractivity contribution in [3.05, 3.63) is 78.9 Å². The highest BCUT2D eigenvalue weighted by molar-refractivity contribution is 5.77. The van der Waals surface area contributed by atoms with Gasteiger partial charge in [-0.05, 0) is 48.9 Å². The Kier molecular flexibility index (Phi) is 9.55. The van der Waals surface area contributed by atoms with Crippen LogP contribution in [-0.2, 0) is 9.59 Å². The summed E-state index contributed by atoms with van der Waals surface area (Å²) in [5.74, 6) is -0.340. The maximum atomic E-state index is 12.6. The quantitative estimate of drug-likeness (QED) is 0.330. The van der Waals surface area contributed by atoms with Crippen LogP contribution in [0.1, 0.15) is 12.5 Å². The van der Waals surface area contributed by atoms with E-state index < -0.39 is 17.6 Å². The third-order valence-corrected chi connectivity index (χ3v) is 5.65. The zero-order chi connectivity index (χ0) is 24.4. The lowest BCUT2D eigenvalue weighted by Gasteiger charge is -2.44. The van der Waals surface area contributed by atoms with E-state index in [2.05, 4.69) is 25.6 Å². The number of hydrogen-bond acceptors (Lipinski definition) is 4. The number of carboxylic acids is 1. The molecule has 5 nitrogen and oxygen atoms in total. The molecular weight excluding hydrogens is 421 g/mol. The number of nitrogens with zero attached hydrogens (tertiary/aromatic N) is 1. The zero-order valence-corrected chi connectivity index (χ0v) is 19.4. The Morgan fingerprint density at radius 2 is 1.88 bits per heavy atom. The van der Waals surface area contributed by atoms with Crippen LogP contribution in [0.4, 0.5) is 4.39 Å². The predicted molar refractivity (Wildman–Crippen MR) is 129 cm³/mol. The van der Waals surface area contributed by atoms with Gasteiger partial charge in [-0.3, -0.25) is 9.59 Å². The number of aliphatic carboxylic acids is 1. The van der Waals surface area contributed by atoms with Gasteiger partial charge in [0.05, 0.1) is 0 Å². The summed E-state index contributed by atoms with van der Waals surface area (Å²) in [5.41, 5.74) is 2.78. The Morgan fingerprint density at radius 3 is 2.39 bits per heavy atom. The number of carbonyl (C=O) groups excluding carboxylic acids is 1. The number of benzene rings is 2. The molecule has 1 saturated heterocycles. The summed E-state index contributed by atoms with van der Waals surface area (Å²) >= 11 is 0. The monoisotopic (exact) mass is 453 g/mol. The van der Waals surface area contributed by atoms with E-state index in [4.69, 9.17) is 4.74 Å². The summed E-state index contributed by atoms with van der Waals surface area (Å²) in [6.45, 7) is 8.33. The van der Waals surface area contributed by atoms with Crippen molar-refractivity contribution in [2.45, 2.75) is 20.0 Å². The molecule has 1 fully saturated rings. The van der Waals surface area contributed by atoms with Crippen LogP contribution < -0.4 is 4.74 Å². The fourth-order valence-electron chi connectivity index (χ4n) is 3.67. The summed E-state index contributed by atoms with van der Waals surface area (Å²) in [6, 6.07) is 16.1. The van der Waals surface area contributed by atoms with Crippen LogP contribution >= 0.6 is 0 Å². The molecule has 3 rings (SSSR count). The maximum absolute atomic E-state index is 12.6. The number of rotatable bonds is 9. The molecular formula is C27H32FNO4. The minimum atomic E-state index is -1.06. The Hall–Kier alpha value is -3.25. The van der Waals surface area contributed by atoms with Crippen LogP contribution in [0.3, 0.4) is 0 Å². The van der Waals surface area contributed by atoms with Gasteiger partial charge in [0.1, 0.15) is 30.2 Å². The molecule has 2 aromatic rings. The van der Waals surface area contributed by atoms with Gasteiger partial charge < -0.3 is 14.7 Å². The van der Waals surface area contributed by atoms with Gasteiger partial charge in [-0.25, -0.2) is 4.39 Å². The molecule has 176 valence electrons. The summed E-state index contributed by atoms with van der Waals surface area (Å²) in [7, 11) is 1.91. The Morgan fingerprint density at radius 1 is 1.24 bits per heavy atom. The average Bonchev–Trinajstić information content (AvgIpc) is 2.80. The van der Waals surface area contributed by atoms with Crippen LogP contribution in [0.5, 0.6) is 5.75 Å². The van der Waals surface area contributed by atoms with Crippen LogP contribution in [0.15, 0.2) is 73.3 Å². The maximum Gasteiger partial charge on any atom is 0.315 e. The van der Waals surface area contributed by atoms with Crippen LogP contribution in [-0.4, -0.2) is 55.2 Å². The molecule has 1 N–H and O–H groups in total. The second-order valence-corrected chi connectivity index (χ2v) is 8.45. The van der Waals surface area contributed by atoms with Gasteiger partial charge in [0.2, 0.25) is 0 Å². The highest BCUT2D eigenvalue weighted by Crippen LogP contribution is 2.31. The lowest BCUT2D eigenvalue weighted by molar-refractivity contribution is -0.162. The SMILES string of the molecule is C=CC(F)C(C)/C=C/C=O.Cc1ccccc1-c1ccc(OCC2(C(=O)O)CN(C)C2)cc1. The fourth-order valence-corrected chi connectivity index (χ4v) is 3.67. The summed E-state index contributed by atoms with van der Waals surface area (Å²) < 4.78 is 18.3. The first-order valence-electron chi connectivity index (χ1n) is 10.8. The number of ether oxygens (including phenoxy) is 1. The molecule has 1 aliphatic rings. The molecule has 2 unspecified atom stereocenters. The number of carboxylic acid groups (broad SMARTS) is 1. The summed E-state index contributed by atoms with van der Waals surface area (Å²) in [6.07, 6.45) is 3.60. The highest BCUT2D eigenvalue weighted by atomic mass is 19.1. The Bertz CT molecular complexity index is 964.